The van der Waals surface area contributed by atoms with Gasteiger partial charge in [-0.05, 0) is 21.6 Å². The molecule has 0 aliphatic carbocycles. The average molecular weight is 443 g/mol. The van der Waals surface area contributed by atoms with E-state index in [1.807, 2.05) is 0 Å². The van der Waals surface area contributed by atoms with Crippen LogP contribution in [0.4, 0.5) is 0 Å². The summed E-state index contributed by atoms with van der Waals surface area (Å²) in [5.74, 6) is 0. The number of hydrogen-bond acceptors (Lipinski definition) is 10. The lowest BCUT2D eigenvalue weighted by Crippen LogP contribution is -2.32. The summed E-state index contributed by atoms with van der Waals surface area (Å²) in [6.45, 7) is 3.99. The summed E-state index contributed by atoms with van der Waals surface area (Å²) in [6, 6.07) is 0. The molecule has 0 spiro atoms. The van der Waals surface area contributed by atoms with E-state index < -0.39 is 20.4 Å². The third-order valence-electron chi connectivity index (χ3n) is 3.24. The van der Waals surface area contributed by atoms with Gasteiger partial charge in [0, 0.05) is 27.2 Å². The van der Waals surface area contributed by atoms with Gasteiger partial charge < -0.3 is 0 Å². The van der Waals surface area contributed by atoms with Crippen molar-refractivity contribution in [2.45, 2.75) is 24.2 Å². The molecule has 0 bridgehead atoms. The first kappa shape index (κ1) is 21.1. The summed E-state index contributed by atoms with van der Waals surface area (Å²) in [4.78, 5) is 7.82. The van der Waals surface area contributed by atoms with Crippen LogP contribution in [0.15, 0.2) is 23.0 Å². The van der Waals surface area contributed by atoms with Gasteiger partial charge in [0.1, 0.15) is 12.7 Å². The zero-order chi connectivity index (χ0) is 19.5. The second-order valence-corrected chi connectivity index (χ2v) is 10.7. The molecular formula is C10H18N8O4S4. The monoisotopic (exact) mass is 442 g/mol. The molecule has 0 aliphatic heterocycles. The summed E-state index contributed by atoms with van der Waals surface area (Å²) >= 11 is 0. The molecule has 0 atom stereocenters. The van der Waals surface area contributed by atoms with E-state index >= 15 is 0 Å². The molecular weight excluding hydrogens is 424 g/mol. The number of nitrogens with zero attached hydrogens (tertiary/aromatic N) is 8. The highest BCUT2D eigenvalue weighted by Crippen LogP contribution is 2.33. The molecule has 0 aromatic carbocycles. The Bertz CT molecular complexity index is 875. The van der Waals surface area contributed by atoms with Crippen molar-refractivity contribution >= 4 is 42.0 Å². The Morgan fingerprint density at radius 2 is 1.19 bits per heavy atom. The minimum Gasteiger partial charge on any atom is -0.208 e. The van der Waals surface area contributed by atoms with E-state index in [1.165, 1.54) is 14.1 Å². The maximum Gasteiger partial charge on any atom is 0.324 e. The second kappa shape index (κ2) is 8.22. The van der Waals surface area contributed by atoms with Crippen molar-refractivity contribution in [3.63, 3.8) is 0 Å². The van der Waals surface area contributed by atoms with Crippen LogP contribution in [0.25, 0.3) is 0 Å². The van der Waals surface area contributed by atoms with Crippen molar-refractivity contribution < 1.29 is 16.8 Å². The van der Waals surface area contributed by atoms with Gasteiger partial charge in [0.2, 0.25) is 10.3 Å². The highest BCUT2D eigenvalue weighted by Gasteiger charge is 2.22. The zero-order valence-electron chi connectivity index (χ0n) is 14.4. The molecule has 2 rings (SSSR count). The van der Waals surface area contributed by atoms with Crippen molar-refractivity contribution in [2.75, 3.05) is 27.2 Å². The van der Waals surface area contributed by atoms with Gasteiger partial charge in [-0.3, -0.25) is 0 Å². The molecule has 0 aliphatic rings. The molecule has 0 amide bonds. The Morgan fingerprint density at radius 1 is 0.846 bits per heavy atom. The van der Waals surface area contributed by atoms with Crippen LogP contribution in [0.5, 0.6) is 0 Å². The molecule has 0 radical (unpaired) electrons. The van der Waals surface area contributed by atoms with Crippen molar-refractivity contribution in [2.24, 2.45) is 0 Å². The van der Waals surface area contributed by atoms with Gasteiger partial charge >= 0.3 is 20.4 Å². The van der Waals surface area contributed by atoms with Crippen LogP contribution in [0.1, 0.15) is 13.8 Å². The van der Waals surface area contributed by atoms with E-state index in [9.17, 15) is 16.8 Å². The molecule has 12 nitrogen and oxygen atoms in total. The van der Waals surface area contributed by atoms with Crippen LogP contribution < -0.4 is 0 Å². The topological polar surface area (TPSA) is 136 Å². The second-order valence-electron chi connectivity index (χ2n) is 4.81. The lowest BCUT2D eigenvalue weighted by Gasteiger charge is -2.13. The zero-order valence-corrected chi connectivity index (χ0v) is 17.7. The van der Waals surface area contributed by atoms with Crippen LogP contribution in [0.2, 0.25) is 0 Å². The Labute approximate surface area is 159 Å². The molecule has 16 heteroatoms. The van der Waals surface area contributed by atoms with E-state index in [4.69, 9.17) is 0 Å². The number of hydrogen-bond donors (Lipinski definition) is 0. The van der Waals surface area contributed by atoms with E-state index in [1.54, 1.807) is 13.8 Å². The minimum atomic E-state index is -3.75. The van der Waals surface area contributed by atoms with E-state index in [0.717, 1.165) is 51.0 Å². The average Bonchev–Trinajstić information content (AvgIpc) is 3.27. The van der Waals surface area contributed by atoms with Crippen molar-refractivity contribution in [3.8, 4) is 0 Å². The SMILES string of the molecule is CCN(C)S(=O)(=O)n1cnc(SSc2ncn(S(=O)(=O)N(C)CC)n2)n1. The first-order chi connectivity index (χ1) is 12.1. The minimum absolute atomic E-state index is 0.174. The highest BCUT2D eigenvalue weighted by molar-refractivity contribution is 8.76. The van der Waals surface area contributed by atoms with Gasteiger partial charge in [-0.1, -0.05) is 13.8 Å². The number of rotatable bonds is 9. The van der Waals surface area contributed by atoms with Crippen LogP contribution in [-0.2, 0) is 20.4 Å². The third-order valence-corrected chi connectivity index (χ3v) is 8.53. The number of aromatic nitrogens is 6. The molecule has 0 saturated carbocycles. The molecule has 2 heterocycles. The van der Waals surface area contributed by atoms with E-state index in [0.29, 0.717) is 13.1 Å². The lowest BCUT2D eigenvalue weighted by atomic mass is 10.8. The third kappa shape index (κ3) is 4.37. The fourth-order valence-electron chi connectivity index (χ4n) is 1.45. The first-order valence-electron chi connectivity index (χ1n) is 7.24. The van der Waals surface area contributed by atoms with Gasteiger partial charge in [0.05, 0.1) is 0 Å². The van der Waals surface area contributed by atoms with Gasteiger partial charge in [0.15, 0.2) is 0 Å². The Kier molecular flexibility index (Phi) is 6.67. The van der Waals surface area contributed by atoms with Gasteiger partial charge in [-0.25, -0.2) is 9.97 Å². The van der Waals surface area contributed by atoms with Crippen molar-refractivity contribution in [3.05, 3.63) is 12.7 Å². The summed E-state index contributed by atoms with van der Waals surface area (Å²) in [5, 5.41) is 8.13. The van der Waals surface area contributed by atoms with E-state index in [-0.39, 0.29) is 10.3 Å². The normalized spacial score (nSPS) is 13.0. The molecule has 2 aromatic heterocycles. The first-order valence-corrected chi connectivity index (χ1v) is 12.2. The predicted octanol–water partition coefficient (Wildman–Crippen LogP) is -0.242. The van der Waals surface area contributed by atoms with Crippen LogP contribution in [0, 0.1) is 0 Å². The smallest absolute Gasteiger partial charge is 0.208 e. The Balaban J connectivity index is 2.08. The molecule has 0 fully saturated rings. The largest absolute Gasteiger partial charge is 0.324 e. The fraction of sp³-hybridized carbons (Fsp3) is 0.600. The van der Waals surface area contributed by atoms with Gasteiger partial charge in [-0.2, -0.15) is 25.4 Å². The highest BCUT2D eigenvalue weighted by atomic mass is 33.1. The molecule has 0 unspecified atom stereocenters. The fourth-order valence-corrected chi connectivity index (χ4v) is 4.95. The van der Waals surface area contributed by atoms with Crippen LogP contribution >= 0.6 is 21.6 Å². The Morgan fingerprint density at radius 3 is 1.50 bits per heavy atom. The lowest BCUT2D eigenvalue weighted by molar-refractivity contribution is 0.470. The molecule has 0 N–H and O–H groups in total. The summed E-state index contributed by atoms with van der Waals surface area (Å²) in [5.41, 5.74) is 0. The molecule has 26 heavy (non-hydrogen) atoms. The predicted molar refractivity (Wildman–Crippen MR) is 97.0 cm³/mol. The van der Waals surface area contributed by atoms with Crippen molar-refractivity contribution in [1.82, 2.24) is 36.9 Å². The van der Waals surface area contributed by atoms with Gasteiger partial charge in [0.25, 0.3) is 0 Å². The standard InChI is InChI=1S/C10H18N8O4S4/c1-5-15(3)25(19,20)17-7-11-9(13-17)23-24-10-12-8-18(14-10)26(21,22)16(4)6-2/h7-8H,5-6H2,1-4H3. The van der Waals surface area contributed by atoms with Crippen LogP contribution in [0.3, 0.4) is 0 Å². The Hall–Kier alpha value is -1.20. The summed E-state index contributed by atoms with van der Waals surface area (Å²) in [7, 11) is -2.60. The molecule has 0 saturated heterocycles. The summed E-state index contributed by atoms with van der Waals surface area (Å²) < 4.78 is 52.3. The van der Waals surface area contributed by atoms with Crippen LogP contribution in [-0.4, -0.2) is 81.0 Å². The quantitative estimate of drug-likeness (QED) is 0.478. The van der Waals surface area contributed by atoms with Gasteiger partial charge in [-0.15, -0.1) is 18.4 Å². The maximum absolute atomic E-state index is 12.1. The maximum atomic E-state index is 12.1. The van der Waals surface area contributed by atoms with Crippen molar-refractivity contribution in [1.29, 1.82) is 0 Å². The molecule has 2 aromatic rings. The van der Waals surface area contributed by atoms with E-state index in [2.05, 4.69) is 20.2 Å². The molecule has 146 valence electrons. The summed E-state index contributed by atoms with van der Waals surface area (Å²) in [6.07, 6.45) is 2.19.